The normalized spacial score (nSPS) is 16.0. The fraction of sp³-hybridized carbons (Fsp3) is 0.400. The molecule has 0 saturated heterocycles. The zero-order chi connectivity index (χ0) is 19.4. The molecule has 0 aliphatic carbocycles. The minimum atomic E-state index is -0.447. The van der Waals surface area contributed by atoms with Crippen molar-refractivity contribution in [1.82, 2.24) is 0 Å². The van der Waals surface area contributed by atoms with Gasteiger partial charge in [0.15, 0.2) is 0 Å². The van der Waals surface area contributed by atoms with Gasteiger partial charge < -0.3 is 16.0 Å². The number of likely N-dealkylation sites (N-methyl/N-ethyl adjacent to an activating group) is 1. The number of anilines is 1. The summed E-state index contributed by atoms with van der Waals surface area (Å²) in [5.41, 5.74) is 8.40. The van der Waals surface area contributed by atoms with Gasteiger partial charge in [-0.25, -0.2) is 0 Å². The number of hydrogen-bond donors (Lipinski definition) is 3. The van der Waals surface area contributed by atoms with Gasteiger partial charge in [0, 0.05) is 23.5 Å². The molecular weight excluding hydrogens is 378 g/mol. The van der Waals surface area contributed by atoms with Gasteiger partial charge in [-0.3, -0.25) is 9.59 Å². The van der Waals surface area contributed by atoms with Crippen LogP contribution in [0.1, 0.15) is 39.7 Å². The van der Waals surface area contributed by atoms with Crippen LogP contribution in [0.2, 0.25) is 0 Å². The molecule has 1 aromatic carbocycles. The Balaban J connectivity index is 1.62. The molecule has 5 nitrogen and oxygen atoms in total. The van der Waals surface area contributed by atoms with Gasteiger partial charge >= 0.3 is 0 Å². The molecule has 2 heterocycles. The number of thiophene rings is 1. The number of carbonyl (C=O) groups excluding carboxylic acids is 2. The lowest BCUT2D eigenvalue weighted by Crippen LogP contribution is -3.11. The lowest BCUT2D eigenvalue weighted by molar-refractivity contribution is -0.913. The topological polar surface area (TPSA) is 76.6 Å². The number of rotatable bonds is 7. The number of aryl methyl sites for hydroxylation is 1. The highest BCUT2D eigenvalue weighted by atomic mass is 32.2. The quantitative estimate of drug-likeness (QED) is 0.620. The second-order valence-corrected chi connectivity index (χ2v) is 9.09. The molecule has 2 aromatic rings. The van der Waals surface area contributed by atoms with Gasteiger partial charge in [0.1, 0.15) is 11.5 Å². The summed E-state index contributed by atoms with van der Waals surface area (Å²) in [6, 6.07) is 8.27. The number of nitrogens with two attached hydrogens (primary N) is 1. The van der Waals surface area contributed by atoms with Crippen LogP contribution in [0.15, 0.2) is 29.2 Å². The van der Waals surface area contributed by atoms with Crippen LogP contribution in [0.5, 0.6) is 0 Å². The number of hydrogen-bond acceptors (Lipinski definition) is 4. The summed E-state index contributed by atoms with van der Waals surface area (Å²) in [7, 11) is 0. The van der Waals surface area contributed by atoms with Crippen LogP contribution >= 0.6 is 23.1 Å². The molecule has 0 radical (unpaired) electrons. The number of benzene rings is 1. The van der Waals surface area contributed by atoms with Gasteiger partial charge in [0.25, 0.3) is 5.91 Å². The Hall–Kier alpha value is -1.83. The predicted molar refractivity (Wildman–Crippen MR) is 112 cm³/mol. The number of primary amides is 1. The molecule has 1 aliphatic heterocycles. The lowest BCUT2D eigenvalue weighted by Gasteiger charge is -2.22. The summed E-state index contributed by atoms with van der Waals surface area (Å²) in [5.74, 6) is 0.173. The maximum absolute atomic E-state index is 12.4. The molecular formula is C20H26N3O2S2+. The fourth-order valence-corrected chi connectivity index (χ4v) is 5.46. The average molecular weight is 405 g/mol. The van der Waals surface area contributed by atoms with Gasteiger partial charge in [-0.05, 0) is 31.5 Å². The number of quaternary nitrogens is 1. The minimum Gasteiger partial charge on any atom is -0.365 e. The Morgan fingerprint density at radius 2 is 2.04 bits per heavy atom. The van der Waals surface area contributed by atoms with Crippen LogP contribution in [-0.4, -0.2) is 30.7 Å². The smallest absolute Gasteiger partial charge is 0.252 e. The Morgan fingerprint density at radius 1 is 1.30 bits per heavy atom. The predicted octanol–water partition coefficient (Wildman–Crippen LogP) is 2.24. The Labute approximate surface area is 168 Å². The molecule has 0 spiro atoms. The highest BCUT2D eigenvalue weighted by molar-refractivity contribution is 7.99. The van der Waals surface area contributed by atoms with E-state index in [1.165, 1.54) is 26.7 Å². The monoisotopic (exact) mass is 404 g/mol. The van der Waals surface area contributed by atoms with Crippen molar-refractivity contribution in [3.63, 3.8) is 0 Å². The van der Waals surface area contributed by atoms with Gasteiger partial charge in [0.2, 0.25) is 5.91 Å². The van der Waals surface area contributed by atoms with Crippen molar-refractivity contribution in [3.05, 3.63) is 45.8 Å². The SMILES string of the molecule is CC[NH+]1CCc2c(sc(NC(=O)CCSc3ccc(C)cc3)c2C(N)=O)C1. The molecule has 4 N–H and O–H groups in total. The van der Waals surface area contributed by atoms with Gasteiger partial charge in [-0.1, -0.05) is 17.7 Å². The second kappa shape index (κ2) is 8.91. The molecule has 0 saturated carbocycles. The van der Waals surface area contributed by atoms with Crippen molar-refractivity contribution in [3.8, 4) is 0 Å². The number of nitrogens with one attached hydrogen (secondary N) is 2. The van der Waals surface area contributed by atoms with Crippen molar-refractivity contribution in [2.24, 2.45) is 5.73 Å². The van der Waals surface area contributed by atoms with E-state index in [1.807, 2.05) is 0 Å². The Kier molecular flexibility index (Phi) is 6.57. The zero-order valence-electron chi connectivity index (χ0n) is 15.8. The molecule has 1 atom stereocenters. The molecule has 1 unspecified atom stereocenters. The fourth-order valence-electron chi connectivity index (χ4n) is 3.27. The number of amides is 2. The number of thioether (sulfide) groups is 1. The van der Waals surface area contributed by atoms with Gasteiger partial charge in [-0.15, -0.1) is 23.1 Å². The molecule has 1 aliphatic rings. The van der Waals surface area contributed by atoms with E-state index in [9.17, 15) is 9.59 Å². The summed E-state index contributed by atoms with van der Waals surface area (Å²) in [5, 5.41) is 3.55. The van der Waals surface area contributed by atoms with E-state index < -0.39 is 5.91 Å². The highest BCUT2D eigenvalue weighted by Crippen LogP contribution is 2.34. The Morgan fingerprint density at radius 3 is 2.70 bits per heavy atom. The van der Waals surface area contributed by atoms with E-state index in [4.69, 9.17) is 5.73 Å². The molecule has 0 bridgehead atoms. The molecule has 144 valence electrons. The van der Waals surface area contributed by atoms with Gasteiger partial charge in [0.05, 0.1) is 23.5 Å². The number of carbonyl (C=O) groups is 2. The van der Waals surface area contributed by atoms with Crippen molar-refractivity contribution >= 4 is 39.9 Å². The largest absolute Gasteiger partial charge is 0.365 e. The van der Waals surface area contributed by atoms with Crippen LogP contribution in [0.25, 0.3) is 0 Å². The molecule has 0 fully saturated rings. The second-order valence-electron chi connectivity index (χ2n) is 6.81. The molecule has 1 aromatic heterocycles. The minimum absolute atomic E-state index is 0.0737. The first-order valence-electron chi connectivity index (χ1n) is 9.25. The summed E-state index contributed by atoms with van der Waals surface area (Å²) < 4.78 is 0. The van der Waals surface area contributed by atoms with Gasteiger partial charge in [-0.2, -0.15) is 0 Å². The third-order valence-corrected chi connectivity index (χ3v) is 7.01. The lowest BCUT2D eigenvalue weighted by atomic mass is 10.0. The van der Waals surface area contributed by atoms with Crippen LogP contribution in [0.3, 0.4) is 0 Å². The summed E-state index contributed by atoms with van der Waals surface area (Å²) in [4.78, 5) is 28.2. The van der Waals surface area contributed by atoms with E-state index >= 15 is 0 Å². The van der Waals surface area contributed by atoms with Crippen LogP contribution in [-0.2, 0) is 17.8 Å². The standard InChI is InChI=1S/C20H25N3O2S2/c1-3-23-10-8-15-16(12-23)27-20(18(15)19(21)25)22-17(24)9-11-26-14-6-4-13(2)5-7-14/h4-7H,3,8-12H2,1-2H3,(H2,21,25)(H,22,24)/p+1. The van der Waals surface area contributed by atoms with Crippen LogP contribution < -0.4 is 16.0 Å². The maximum atomic E-state index is 12.4. The number of fused-ring (bicyclic) bond motifs is 1. The van der Waals surface area contributed by atoms with E-state index in [0.29, 0.717) is 22.7 Å². The maximum Gasteiger partial charge on any atom is 0.252 e. The van der Waals surface area contributed by atoms with E-state index in [0.717, 1.165) is 36.5 Å². The van der Waals surface area contributed by atoms with Crippen molar-refractivity contribution in [1.29, 1.82) is 0 Å². The average Bonchev–Trinajstić information content (AvgIpc) is 3.00. The van der Waals surface area contributed by atoms with Crippen LogP contribution in [0.4, 0.5) is 5.00 Å². The van der Waals surface area contributed by atoms with E-state index in [-0.39, 0.29) is 5.91 Å². The Bertz CT molecular complexity index is 830. The first-order chi connectivity index (χ1) is 13.0. The van der Waals surface area contributed by atoms with E-state index in [1.54, 1.807) is 11.8 Å². The third kappa shape index (κ3) is 4.91. The molecule has 7 heteroatoms. The first-order valence-corrected chi connectivity index (χ1v) is 11.0. The zero-order valence-corrected chi connectivity index (χ0v) is 17.4. The first kappa shape index (κ1) is 19.9. The molecule has 2 amide bonds. The summed E-state index contributed by atoms with van der Waals surface area (Å²) in [6.45, 7) is 7.18. The molecule has 27 heavy (non-hydrogen) atoms. The summed E-state index contributed by atoms with van der Waals surface area (Å²) in [6.07, 6.45) is 1.23. The summed E-state index contributed by atoms with van der Waals surface area (Å²) >= 11 is 3.17. The van der Waals surface area contributed by atoms with E-state index in [2.05, 4.69) is 43.4 Å². The third-order valence-electron chi connectivity index (χ3n) is 4.85. The van der Waals surface area contributed by atoms with Crippen molar-refractivity contribution < 1.29 is 14.5 Å². The molecule has 3 rings (SSSR count). The van der Waals surface area contributed by atoms with Crippen LogP contribution in [0, 0.1) is 6.92 Å². The van der Waals surface area contributed by atoms with Crippen molar-refractivity contribution in [2.75, 3.05) is 24.2 Å². The highest BCUT2D eigenvalue weighted by Gasteiger charge is 2.29. The van der Waals surface area contributed by atoms with Crippen molar-refractivity contribution in [2.45, 2.75) is 38.1 Å².